The van der Waals surface area contributed by atoms with Crippen LogP contribution in [0.25, 0.3) is 16.6 Å². The van der Waals surface area contributed by atoms with Gasteiger partial charge in [0.05, 0.1) is 36.7 Å². The number of nitrogens with zero attached hydrogens (tertiary/aromatic N) is 4. The number of aryl methyl sites for hydroxylation is 2. The molecule has 0 bridgehead atoms. The number of methoxy groups -OCH3 is 2. The van der Waals surface area contributed by atoms with Crippen LogP contribution >= 0.6 is 0 Å². The van der Waals surface area contributed by atoms with Gasteiger partial charge in [0.2, 0.25) is 5.91 Å². The molecule has 0 aliphatic carbocycles. The van der Waals surface area contributed by atoms with E-state index in [1.54, 1.807) is 37.1 Å². The first kappa shape index (κ1) is 24.0. The average Bonchev–Trinajstić information content (AvgIpc) is 3.24. The zero-order chi connectivity index (χ0) is 25.1. The van der Waals surface area contributed by atoms with E-state index in [0.29, 0.717) is 34.5 Å². The molecule has 2 aromatic carbocycles. The summed E-state index contributed by atoms with van der Waals surface area (Å²) in [5.74, 6) is 0.976. The van der Waals surface area contributed by atoms with Crippen molar-refractivity contribution >= 4 is 16.8 Å². The summed E-state index contributed by atoms with van der Waals surface area (Å²) >= 11 is 0. The van der Waals surface area contributed by atoms with Gasteiger partial charge in [-0.25, -0.2) is 9.36 Å². The lowest BCUT2D eigenvalue weighted by Crippen LogP contribution is -2.38. The second-order valence-corrected chi connectivity index (χ2v) is 8.21. The molecule has 1 unspecified atom stereocenters. The van der Waals surface area contributed by atoms with Crippen LogP contribution in [0.3, 0.4) is 0 Å². The molecule has 4 rings (SSSR count). The molecule has 35 heavy (non-hydrogen) atoms. The normalized spacial score (nSPS) is 11.9. The van der Waals surface area contributed by atoms with Crippen LogP contribution in [0.15, 0.2) is 53.3 Å². The number of para-hydroxylation sites is 1. The van der Waals surface area contributed by atoms with Crippen LogP contribution < -0.4 is 20.3 Å². The Hall–Kier alpha value is -4.14. The second kappa shape index (κ2) is 10.0. The molecular formula is C26H29N5O4. The predicted molar refractivity (Wildman–Crippen MR) is 133 cm³/mol. The van der Waals surface area contributed by atoms with Gasteiger partial charge in [0.15, 0.2) is 5.52 Å². The zero-order valence-electron chi connectivity index (χ0n) is 20.5. The number of carbonyl (C=O) groups excluding carboxylic acids is 1. The molecule has 0 aliphatic rings. The maximum atomic E-state index is 13.4. The lowest BCUT2D eigenvalue weighted by Gasteiger charge is -2.18. The Morgan fingerprint density at radius 1 is 1.06 bits per heavy atom. The van der Waals surface area contributed by atoms with Gasteiger partial charge in [-0.05, 0) is 50.6 Å². The van der Waals surface area contributed by atoms with Crippen molar-refractivity contribution < 1.29 is 14.3 Å². The van der Waals surface area contributed by atoms with Gasteiger partial charge in [0.1, 0.15) is 17.5 Å². The molecule has 0 fully saturated rings. The molecular weight excluding hydrogens is 446 g/mol. The molecule has 0 saturated heterocycles. The zero-order valence-corrected chi connectivity index (χ0v) is 20.5. The fourth-order valence-electron chi connectivity index (χ4n) is 4.27. The van der Waals surface area contributed by atoms with Crippen molar-refractivity contribution in [2.24, 2.45) is 0 Å². The van der Waals surface area contributed by atoms with E-state index in [4.69, 9.17) is 9.47 Å². The van der Waals surface area contributed by atoms with Crippen LogP contribution in [0.1, 0.15) is 36.3 Å². The third kappa shape index (κ3) is 4.49. The molecule has 0 spiro atoms. The first-order valence-electron chi connectivity index (χ1n) is 11.4. The molecule has 9 heteroatoms. The number of ether oxygens (including phenoxy) is 2. The van der Waals surface area contributed by atoms with E-state index in [0.717, 1.165) is 16.9 Å². The van der Waals surface area contributed by atoms with E-state index in [-0.39, 0.29) is 12.5 Å². The van der Waals surface area contributed by atoms with Crippen molar-refractivity contribution in [3.05, 3.63) is 75.8 Å². The Balaban J connectivity index is 1.68. The predicted octanol–water partition coefficient (Wildman–Crippen LogP) is 3.48. The monoisotopic (exact) mass is 475 g/mol. The average molecular weight is 476 g/mol. The van der Waals surface area contributed by atoms with Gasteiger partial charge in [0, 0.05) is 12.1 Å². The summed E-state index contributed by atoms with van der Waals surface area (Å²) in [4.78, 5) is 26.6. The summed E-state index contributed by atoms with van der Waals surface area (Å²) in [5.41, 5.74) is 2.97. The highest BCUT2D eigenvalue weighted by Crippen LogP contribution is 2.25. The van der Waals surface area contributed by atoms with Crippen LogP contribution in [0.4, 0.5) is 0 Å². The van der Waals surface area contributed by atoms with Gasteiger partial charge in [-0.3, -0.25) is 9.59 Å². The fraction of sp³-hybridized carbons (Fsp3) is 0.308. The Morgan fingerprint density at radius 3 is 2.46 bits per heavy atom. The molecule has 1 N–H and O–H groups in total. The Kier molecular flexibility index (Phi) is 6.86. The first-order chi connectivity index (χ1) is 16.9. The Morgan fingerprint density at radius 2 is 1.80 bits per heavy atom. The molecule has 4 aromatic rings. The minimum Gasteiger partial charge on any atom is -0.497 e. The van der Waals surface area contributed by atoms with Gasteiger partial charge < -0.3 is 14.8 Å². The SMILES string of the molecule is CCC(C(=O)NCc1cc(OC)ccc1OC)n1nc(C)c2c(C)n(-c3ccccc3)nc2c1=O. The molecule has 0 radical (unpaired) electrons. The molecule has 2 heterocycles. The van der Waals surface area contributed by atoms with Crippen LogP contribution in [0.5, 0.6) is 11.5 Å². The van der Waals surface area contributed by atoms with Gasteiger partial charge in [-0.2, -0.15) is 10.2 Å². The van der Waals surface area contributed by atoms with E-state index in [1.807, 2.05) is 51.1 Å². The maximum absolute atomic E-state index is 13.4. The molecule has 1 atom stereocenters. The summed E-state index contributed by atoms with van der Waals surface area (Å²) in [6.07, 6.45) is 0.386. The van der Waals surface area contributed by atoms with Gasteiger partial charge in [-0.15, -0.1) is 0 Å². The van der Waals surface area contributed by atoms with Crippen molar-refractivity contribution in [3.63, 3.8) is 0 Å². The quantitative estimate of drug-likeness (QED) is 0.419. The molecule has 0 saturated carbocycles. The summed E-state index contributed by atoms with van der Waals surface area (Å²) < 4.78 is 13.7. The number of carbonyl (C=O) groups is 1. The van der Waals surface area contributed by atoms with Crippen LogP contribution in [-0.4, -0.2) is 39.7 Å². The van der Waals surface area contributed by atoms with Crippen LogP contribution in [-0.2, 0) is 11.3 Å². The number of nitrogens with one attached hydrogen (secondary N) is 1. The third-order valence-corrected chi connectivity index (χ3v) is 6.07. The van der Waals surface area contributed by atoms with E-state index < -0.39 is 11.6 Å². The highest BCUT2D eigenvalue weighted by molar-refractivity contribution is 5.84. The number of aromatic nitrogens is 4. The number of hydrogen-bond donors (Lipinski definition) is 1. The molecule has 0 aliphatic heterocycles. The van der Waals surface area contributed by atoms with E-state index in [2.05, 4.69) is 15.5 Å². The highest BCUT2D eigenvalue weighted by atomic mass is 16.5. The highest BCUT2D eigenvalue weighted by Gasteiger charge is 2.25. The first-order valence-corrected chi connectivity index (χ1v) is 11.4. The van der Waals surface area contributed by atoms with Crippen molar-refractivity contribution in [1.29, 1.82) is 0 Å². The number of amides is 1. The lowest BCUT2D eigenvalue weighted by atomic mass is 10.1. The summed E-state index contributed by atoms with van der Waals surface area (Å²) in [6.45, 7) is 5.80. The lowest BCUT2D eigenvalue weighted by molar-refractivity contribution is -0.125. The van der Waals surface area contributed by atoms with Gasteiger partial charge >= 0.3 is 0 Å². The van der Waals surface area contributed by atoms with E-state index in [9.17, 15) is 9.59 Å². The summed E-state index contributed by atoms with van der Waals surface area (Å²) in [7, 11) is 3.15. The largest absolute Gasteiger partial charge is 0.497 e. The minimum atomic E-state index is -0.788. The molecule has 2 aromatic heterocycles. The van der Waals surface area contributed by atoms with Gasteiger partial charge in [-0.1, -0.05) is 25.1 Å². The number of benzene rings is 2. The molecule has 182 valence electrons. The second-order valence-electron chi connectivity index (χ2n) is 8.21. The van der Waals surface area contributed by atoms with Gasteiger partial charge in [0.25, 0.3) is 5.56 Å². The number of hydrogen-bond acceptors (Lipinski definition) is 6. The van der Waals surface area contributed by atoms with Crippen molar-refractivity contribution in [2.45, 2.75) is 39.8 Å². The van der Waals surface area contributed by atoms with E-state index in [1.165, 1.54) is 4.68 Å². The van der Waals surface area contributed by atoms with Crippen LogP contribution in [0.2, 0.25) is 0 Å². The maximum Gasteiger partial charge on any atom is 0.295 e. The number of rotatable bonds is 8. The van der Waals surface area contributed by atoms with Crippen molar-refractivity contribution in [3.8, 4) is 17.2 Å². The number of fused-ring (bicyclic) bond motifs is 1. The standard InChI is InChI=1S/C26H29N5O4/c1-6-21(25(32)27-15-18-14-20(34-4)12-13-22(18)35-5)31-26(33)24-23(16(2)28-31)17(3)30(29-24)19-10-8-7-9-11-19/h7-14,21H,6,15H2,1-5H3,(H,27,32). The summed E-state index contributed by atoms with van der Waals surface area (Å²) in [6, 6.07) is 14.2. The van der Waals surface area contributed by atoms with Crippen molar-refractivity contribution in [2.75, 3.05) is 14.2 Å². The third-order valence-electron chi connectivity index (χ3n) is 6.07. The smallest absolute Gasteiger partial charge is 0.295 e. The molecule has 1 amide bonds. The summed E-state index contributed by atoms with van der Waals surface area (Å²) in [5, 5.41) is 12.7. The Labute approximate surface area is 203 Å². The van der Waals surface area contributed by atoms with E-state index >= 15 is 0 Å². The fourth-order valence-corrected chi connectivity index (χ4v) is 4.27. The topological polar surface area (TPSA) is 100 Å². The Bertz CT molecular complexity index is 1430. The molecule has 9 nitrogen and oxygen atoms in total. The van der Waals surface area contributed by atoms with Crippen LogP contribution in [0, 0.1) is 13.8 Å². The minimum absolute atomic E-state index is 0.216. The van der Waals surface area contributed by atoms with Crippen molar-refractivity contribution in [1.82, 2.24) is 24.9 Å².